The zero-order valence-electron chi connectivity index (χ0n) is 10.8. The second-order valence-electron chi connectivity index (χ2n) is 4.53. The van der Waals surface area contributed by atoms with Crippen molar-refractivity contribution < 1.29 is 5.21 Å². The van der Waals surface area contributed by atoms with E-state index in [-0.39, 0.29) is 11.9 Å². The highest BCUT2D eigenvalue weighted by molar-refractivity contribution is 6.32. The highest BCUT2D eigenvalue weighted by Crippen LogP contribution is 2.23. The lowest BCUT2D eigenvalue weighted by Crippen LogP contribution is -2.53. The van der Waals surface area contributed by atoms with Gasteiger partial charge in [0.1, 0.15) is 5.82 Å². The van der Waals surface area contributed by atoms with Crippen LogP contribution in [0.2, 0.25) is 5.02 Å². The maximum Gasteiger partial charge on any atom is 0.156 e. The van der Waals surface area contributed by atoms with E-state index in [2.05, 4.69) is 19.9 Å². The summed E-state index contributed by atoms with van der Waals surface area (Å²) in [6.45, 7) is 5.21. The molecule has 0 aromatic carbocycles. The van der Waals surface area contributed by atoms with Crippen molar-refractivity contribution in [3.63, 3.8) is 0 Å². The molecule has 1 atom stereocenters. The fraction of sp³-hybridized carbons (Fsp3) is 0.500. The number of halogens is 1. The molecule has 1 aliphatic rings. The van der Waals surface area contributed by atoms with Crippen LogP contribution in [0.3, 0.4) is 0 Å². The summed E-state index contributed by atoms with van der Waals surface area (Å²) in [4.78, 5) is 8.63. The van der Waals surface area contributed by atoms with E-state index in [4.69, 9.17) is 22.5 Å². The van der Waals surface area contributed by atoms with Crippen molar-refractivity contribution in [1.29, 1.82) is 0 Å². The number of pyridine rings is 1. The van der Waals surface area contributed by atoms with Gasteiger partial charge in [-0.15, -0.1) is 0 Å². The molecule has 104 valence electrons. The van der Waals surface area contributed by atoms with E-state index < -0.39 is 0 Å². The molecule has 0 radical (unpaired) electrons. The minimum Gasteiger partial charge on any atom is -0.409 e. The zero-order chi connectivity index (χ0) is 13.8. The number of nitrogens with zero attached hydrogens (tertiary/aromatic N) is 4. The summed E-state index contributed by atoms with van der Waals surface area (Å²) >= 11 is 6.14. The molecule has 2 heterocycles. The Kier molecular flexibility index (Phi) is 4.44. The van der Waals surface area contributed by atoms with Crippen molar-refractivity contribution in [2.75, 3.05) is 31.1 Å². The predicted molar refractivity (Wildman–Crippen MR) is 75.9 cm³/mol. The minimum absolute atomic E-state index is 0.0636. The molecule has 3 N–H and O–H groups in total. The van der Waals surface area contributed by atoms with Gasteiger partial charge in [-0.2, -0.15) is 0 Å². The highest BCUT2D eigenvalue weighted by atomic mass is 35.5. The Hall–Kier alpha value is -1.53. The van der Waals surface area contributed by atoms with Gasteiger partial charge in [0.15, 0.2) is 5.84 Å². The van der Waals surface area contributed by atoms with Crippen LogP contribution >= 0.6 is 11.6 Å². The quantitative estimate of drug-likeness (QED) is 0.374. The van der Waals surface area contributed by atoms with E-state index >= 15 is 0 Å². The van der Waals surface area contributed by atoms with Crippen molar-refractivity contribution in [3.8, 4) is 0 Å². The number of rotatable bonds is 3. The summed E-state index contributed by atoms with van der Waals surface area (Å²) < 4.78 is 0. The average Bonchev–Trinajstić information content (AvgIpc) is 2.46. The highest BCUT2D eigenvalue weighted by Gasteiger charge is 2.24. The summed E-state index contributed by atoms with van der Waals surface area (Å²) in [5.74, 6) is 1.06. The van der Waals surface area contributed by atoms with E-state index in [1.54, 1.807) is 6.20 Å². The third kappa shape index (κ3) is 3.08. The van der Waals surface area contributed by atoms with Gasteiger partial charge in [-0.3, -0.25) is 4.90 Å². The Bertz CT molecular complexity index is 459. The Morgan fingerprint density at radius 3 is 2.74 bits per heavy atom. The van der Waals surface area contributed by atoms with Gasteiger partial charge in [-0.1, -0.05) is 16.8 Å². The Balaban J connectivity index is 1.98. The van der Waals surface area contributed by atoms with E-state index in [1.165, 1.54) is 0 Å². The van der Waals surface area contributed by atoms with Gasteiger partial charge in [0.05, 0.1) is 11.1 Å². The second kappa shape index (κ2) is 6.08. The molecule has 1 aromatic heterocycles. The van der Waals surface area contributed by atoms with Crippen molar-refractivity contribution in [2.24, 2.45) is 10.9 Å². The van der Waals surface area contributed by atoms with E-state index in [9.17, 15) is 0 Å². The largest absolute Gasteiger partial charge is 0.409 e. The monoisotopic (exact) mass is 283 g/mol. The lowest BCUT2D eigenvalue weighted by atomic mass is 10.2. The first kappa shape index (κ1) is 13.9. The third-order valence-corrected chi connectivity index (χ3v) is 3.74. The number of nitrogens with two attached hydrogens (primary N) is 1. The molecule has 2 rings (SSSR count). The van der Waals surface area contributed by atoms with Crippen molar-refractivity contribution in [3.05, 3.63) is 23.4 Å². The Morgan fingerprint density at radius 2 is 2.16 bits per heavy atom. The molecule has 19 heavy (non-hydrogen) atoms. The Labute approximate surface area is 117 Å². The fourth-order valence-corrected chi connectivity index (χ4v) is 2.44. The van der Waals surface area contributed by atoms with Gasteiger partial charge in [0.25, 0.3) is 0 Å². The maximum atomic E-state index is 8.70. The van der Waals surface area contributed by atoms with Crippen LogP contribution in [0.15, 0.2) is 23.5 Å². The van der Waals surface area contributed by atoms with E-state index in [0.29, 0.717) is 5.02 Å². The number of anilines is 1. The van der Waals surface area contributed by atoms with Crippen LogP contribution < -0.4 is 10.6 Å². The molecular formula is C12H18ClN5O. The number of aromatic nitrogens is 1. The summed E-state index contributed by atoms with van der Waals surface area (Å²) in [6.07, 6.45) is 1.74. The van der Waals surface area contributed by atoms with Gasteiger partial charge in [0, 0.05) is 32.4 Å². The molecule has 1 saturated heterocycles. The first-order chi connectivity index (χ1) is 9.13. The summed E-state index contributed by atoms with van der Waals surface area (Å²) in [5, 5.41) is 12.4. The SMILES string of the molecule is CC(C(N)=NO)N1CCN(c2ncccc2Cl)CC1. The smallest absolute Gasteiger partial charge is 0.156 e. The summed E-state index contributed by atoms with van der Waals surface area (Å²) in [7, 11) is 0. The molecule has 1 aromatic rings. The molecule has 0 aliphatic carbocycles. The number of amidine groups is 1. The molecule has 0 amide bonds. The van der Waals surface area contributed by atoms with Crippen LogP contribution in [0, 0.1) is 0 Å². The summed E-state index contributed by atoms with van der Waals surface area (Å²) in [5.41, 5.74) is 5.63. The minimum atomic E-state index is -0.0636. The molecule has 0 saturated carbocycles. The van der Waals surface area contributed by atoms with Crippen molar-refractivity contribution in [2.45, 2.75) is 13.0 Å². The molecular weight excluding hydrogens is 266 g/mol. The summed E-state index contributed by atoms with van der Waals surface area (Å²) in [6, 6.07) is 3.60. The normalized spacial score (nSPS) is 19.5. The maximum absolute atomic E-state index is 8.70. The number of hydrogen-bond donors (Lipinski definition) is 2. The Morgan fingerprint density at radius 1 is 1.47 bits per heavy atom. The van der Waals surface area contributed by atoms with Crippen LogP contribution in [0.4, 0.5) is 5.82 Å². The van der Waals surface area contributed by atoms with Crippen LogP contribution in [-0.4, -0.2) is 53.1 Å². The number of piperazine rings is 1. The van der Waals surface area contributed by atoms with E-state index in [0.717, 1.165) is 32.0 Å². The van der Waals surface area contributed by atoms with Gasteiger partial charge in [0.2, 0.25) is 0 Å². The number of oxime groups is 1. The molecule has 0 spiro atoms. The van der Waals surface area contributed by atoms with Gasteiger partial charge in [-0.25, -0.2) is 4.98 Å². The van der Waals surface area contributed by atoms with Crippen molar-refractivity contribution >= 4 is 23.3 Å². The van der Waals surface area contributed by atoms with Gasteiger partial charge < -0.3 is 15.8 Å². The first-order valence-electron chi connectivity index (χ1n) is 6.20. The molecule has 6 nitrogen and oxygen atoms in total. The van der Waals surface area contributed by atoms with Crippen LogP contribution in [-0.2, 0) is 0 Å². The average molecular weight is 284 g/mol. The number of hydrogen-bond acceptors (Lipinski definition) is 5. The molecule has 1 fully saturated rings. The molecule has 7 heteroatoms. The van der Waals surface area contributed by atoms with Gasteiger partial charge >= 0.3 is 0 Å². The standard InChI is InChI=1S/C12H18ClN5O/c1-9(11(14)16-19)17-5-7-18(8-6-17)12-10(13)3-2-4-15-12/h2-4,9,19H,5-8H2,1H3,(H2,14,16). The predicted octanol–water partition coefficient (Wildman–Crippen LogP) is 0.992. The van der Waals surface area contributed by atoms with E-state index in [1.807, 2.05) is 19.1 Å². The van der Waals surface area contributed by atoms with Crippen LogP contribution in [0.1, 0.15) is 6.92 Å². The molecule has 0 bridgehead atoms. The topological polar surface area (TPSA) is 78.0 Å². The first-order valence-corrected chi connectivity index (χ1v) is 6.58. The zero-order valence-corrected chi connectivity index (χ0v) is 11.6. The third-order valence-electron chi connectivity index (χ3n) is 3.44. The van der Waals surface area contributed by atoms with Gasteiger partial charge in [-0.05, 0) is 19.1 Å². The molecule has 1 aliphatic heterocycles. The van der Waals surface area contributed by atoms with Crippen LogP contribution in [0.25, 0.3) is 0 Å². The van der Waals surface area contributed by atoms with Crippen molar-refractivity contribution in [1.82, 2.24) is 9.88 Å². The molecule has 1 unspecified atom stereocenters. The second-order valence-corrected chi connectivity index (χ2v) is 4.94. The lowest BCUT2D eigenvalue weighted by molar-refractivity contribution is 0.230. The lowest BCUT2D eigenvalue weighted by Gasteiger charge is -2.38. The van der Waals surface area contributed by atoms with Crippen LogP contribution in [0.5, 0.6) is 0 Å². The fourth-order valence-electron chi connectivity index (χ4n) is 2.20.